The zero-order chi connectivity index (χ0) is 11.7. The van der Waals surface area contributed by atoms with Gasteiger partial charge >= 0.3 is 5.97 Å². The van der Waals surface area contributed by atoms with Gasteiger partial charge in [0.1, 0.15) is 0 Å². The first-order chi connectivity index (χ1) is 7.61. The van der Waals surface area contributed by atoms with E-state index in [0.29, 0.717) is 16.5 Å². The number of esters is 1. The smallest absolute Gasteiger partial charge is 0.337 e. The van der Waals surface area contributed by atoms with E-state index in [1.54, 1.807) is 6.07 Å². The summed E-state index contributed by atoms with van der Waals surface area (Å²) in [6.45, 7) is 0. The van der Waals surface area contributed by atoms with Crippen LogP contribution >= 0.6 is 0 Å². The molecule has 0 amide bonds. The third kappa shape index (κ3) is 1.67. The minimum atomic E-state index is -0.849. The Balaban J connectivity index is 2.67. The second-order valence-electron chi connectivity index (χ2n) is 3.24. The Kier molecular flexibility index (Phi) is 2.44. The largest absolute Gasteiger partial charge is 0.465 e. The molecule has 0 aliphatic carbocycles. The van der Waals surface area contributed by atoms with Crippen molar-refractivity contribution in [3.63, 3.8) is 0 Å². The number of nitrogens with one attached hydrogen (secondary N) is 1. The van der Waals surface area contributed by atoms with Crippen LogP contribution in [0.4, 0.5) is 4.39 Å². The van der Waals surface area contributed by atoms with Crippen LogP contribution in [0, 0.1) is 5.82 Å². The van der Waals surface area contributed by atoms with Crippen LogP contribution in [0.1, 0.15) is 10.4 Å². The first-order valence-electron chi connectivity index (χ1n) is 4.52. The number of aromatic amines is 1. The van der Waals surface area contributed by atoms with E-state index in [1.807, 2.05) is 0 Å². The summed E-state index contributed by atoms with van der Waals surface area (Å²) >= 11 is 0. The molecule has 0 atom stereocenters. The van der Waals surface area contributed by atoms with Gasteiger partial charge in [-0.25, -0.2) is 9.18 Å². The van der Waals surface area contributed by atoms with Gasteiger partial charge in [-0.2, -0.15) is 0 Å². The maximum absolute atomic E-state index is 12.9. The fourth-order valence-electron chi connectivity index (χ4n) is 1.42. The third-order valence-corrected chi connectivity index (χ3v) is 2.22. The van der Waals surface area contributed by atoms with Crippen molar-refractivity contribution in [1.29, 1.82) is 0 Å². The van der Waals surface area contributed by atoms with Crippen LogP contribution in [0.25, 0.3) is 10.9 Å². The predicted molar refractivity (Wildman–Crippen MR) is 55.9 cm³/mol. The number of pyridine rings is 1. The fourth-order valence-corrected chi connectivity index (χ4v) is 1.42. The summed E-state index contributed by atoms with van der Waals surface area (Å²) in [5.41, 5.74) is -0.110. The highest BCUT2D eigenvalue weighted by atomic mass is 19.1. The number of H-pyrrole nitrogens is 1. The zero-order valence-corrected chi connectivity index (χ0v) is 8.41. The Morgan fingerprint density at radius 1 is 1.38 bits per heavy atom. The summed E-state index contributed by atoms with van der Waals surface area (Å²) < 4.78 is 17.5. The molecule has 82 valence electrons. The predicted octanol–water partition coefficient (Wildman–Crippen LogP) is 1.45. The lowest BCUT2D eigenvalue weighted by molar-refractivity contribution is 0.0601. The molecule has 1 N–H and O–H groups in total. The zero-order valence-electron chi connectivity index (χ0n) is 8.41. The van der Waals surface area contributed by atoms with E-state index < -0.39 is 17.3 Å². The van der Waals surface area contributed by atoms with Gasteiger partial charge < -0.3 is 9.72 Å². The van der Waals surface area contributed by atoms with Crippen molar-refractivity contribution in [1.82, 2.24) is 4.98 Å². The average molecular weight is 221 g/mol. The van der Waals surface area contributed by atoms with Crippen molar-refractivity contribution in [2.75, 3.05) is 7.11 Å². The minimum absolute atomic E-state index is 0.303. The van der Waals surface area contributed by atoms with Gasteiger partial charge in [0.05, 0.1) is 12.7 Å². The summed E-state index contributed by atoms with van der Waals surface area (Å²) in [7, 11) is 1.26. The Morgan fingerprint density at radius 3 is 2.81 bits per heavy atom. The van der Waals surface area contributed by atoms with E-state index in [4.69, 9.17) is 0 Å². The van der Waals surface area contributed by atoms with Crippen LogP contribution in [-0.2, 0) is 4.74 Å². The molecule has 4 nitrogen and oxygen atoms in total. The van der Waals surface area contributed by atoms with Crippen molar-refractivity contribution < 1.29 is 13.9 Å². The lowest BCUT2D eigenvalue weighted by atomic mass is 10.1. The molecule has 0 aliphatic rings. The van der Waals surface area contributed by atoms with Gasteiger partial charge in [0, 0.05) is 10.9 Å². The molecule has 16 heavy (non-hydrogen) atoms. The number of aromatic nitrogens is 1. The molecule has 1 heterocycles. The molecule has 1 aromatic heterocycles. The van der Waals surface area contributed by atoms with Gasteiger partial charge in [0.2, 0.25) is 0 Å². The Hall–Kier alpha value is -2.17. The SMILES string of the molecule is COC(=O)c1ccc2cc(F)c(=O)[nH]c2c1. The number of hydrogen-bond donors (Lipinski definition) is 1. The molecular weight excluding hydrogens is 213 g/mol. The summed E-state index contributed by atoms with van der Waals surface area (Å²) in [6, 6.07) is 5.61. The standard InChI is InChI=1S/C11H8FNO3/c1-16-11(15)7-3-2-6-4-8(12)10(14)13-9(6)5-7/h2-5H,1H3,(H,13,14). The van der Waals surface area contributed by atoms with E-state index in [-0.39, 0.29) is 0 Å². The molecule has 2 aromatic rings. The molecule has 0 aliphatic heterocycles. The molecule has 0 unspecified atom stereocenters. The second kappa shape index (κ2) is 3.77. The second-order valence-corrected chi connectivity index (χ2v) is 3.24. The monoisotopic (exact) mass is 221 g/mol. The van der Waals surface area contributed by atoms with Gasteiger partial charge in [0.25, 0.3) is 5.56 Å². The molecule has 1 aromatic carbocycles. The van der Waals surface area contributed by atoms with Gasteiger partial charge in [0.15, 0.2) is 5.82 Å². The van der Waals surface area contributed by atoms with Crippen molar-refractivity contribution in [3.8, 4) is 0 Å². The van der Waals surface area contributed by atoms with Gasteiger partial charge in [-0.15, -0.1) is 0 Å². The van der Waals surface area contributed by atoms with Crippen molar-refractivity contribution in [2.45, 2.75) is 0 Å². The van der Waals surface area contributed by atoms with E-state index in [2.05, 4.69) is 9.72 Å². The molecule has 0 radical (unpaired) electrons. The van der Waals surface area contributed by atoms with E-state index >= 15 is 0 Å². The lowest BCUT2D eigenvalue weighted by Crippen LogP contribution is -2.10. The van der Waals surface area contributed by atoms with Crippen molar-refractivity contribution in [2.24, 2.45) is 0 Å². The van der Waals surface area contributed by atoms with Crippen LogP contribution < -0.4 is 5.56 Å². The highest BCUT2D eigenvalue weighted by Crippen LogP contribution is 2.13. The maximum atomic E-state index is 12.9. The number of fused-ring (bicyclic) bond motifs is 1. The van der Waals surface area contributed by atoms with E-state index in [1.165, 1.54) is 19.2 Å². The van der Waals surface area contributed by atoms with E-state index in [9.17, 15) is 14.0 Å². The molecule has 2 rings (SSSR count). The first-order valence-corrected chi connectivity index (χ1v) is 4.52. The summed E-state index contributed by atoms with van der Waals surface area (Å²) in [4.78, 5) is 24.6. The normalized spacial score (nSPS) is 10.4. The molecule has 0 spiro atoms. The molecule has 0 saturated heterocycles. The number of methoxy groups -OCH3 is 1. The highest BCUT2D eigenvalue weighted by Gasteiger charge is 2.07. The first kappa shape index (κ1) is 10.4. The Labute approximate surface area is 89.7 Å². The maximum Gasteiger partial charge on any atom is 0.337 e. The number of rotatable bonds is 1. The van der Waals surface area contributed by atoms with Crippen LogP contribution in [0.2, 0.25) is 0 Å². The molecular formula is C11H8FNO3. The third-order valence-electron chi connectivity index (χ3n) is 2.22. The minimum Gasteiger partial charge on any atom is -0.465 e. The molecule has 0 bridgehead atoms. The Morgan fingerprint density at radius 2 is 2.12 bits per heavy atom. The quantitative estimate of drug-likeness (QED) is 0.741. The number of carbonyl (C=O) groups is 1. The average Bonchev–Trinajstić information content (AvgIpc) is 2.29. The van der Waals surface area contributed by atoms with Crippen LogP contribution in [0.3, 0.4) is 0 Å². The van der Waals surface area contributed by atoms with Gasteiger partial charge in [-0.05, 0) is 18.2 Å². The summed E-state index contributed by atoms with van der Waals surface area (Å²) in [5, 5.41) is 0.518. The summed E-state index contributed by atoms with van der Waals surface area (Å²) in [6.07, 6.45) is 0. The van der Waals surface area contributed by atoms with Gasteiger partial charge in [-0.1, -0.05) is 6.07 Å². The molecule has 0 fully saturated rings. The number of ether oxygens (including phenoxy) is 1. The van der Waals surface area contributed by atoms with E-state index in [0.717, 1.165) is 6.07 Å². The fraction of sp³-hybridized carbons (Fsp3) is 0.0909. The van der Waals surface area contributed by atoms with Crippen molar-refractivity contribution >= 4 is 16.9 Å². The topological polar surface area (TPSA) is 59.2 Å². The number of carbonyl (C=O) groups excluding carboxylic acids is 1. The molecule has 0 saturated carbocycles. The lowest BCUT2D eigenvalue weighted by Gasteiger charge is -2.01. The number of hydrogen-bond acceptors (Lipinski definition) is 3. The highest BCUT2D eigenvalue weighted by molar-refractivity contribution is 5.94. The molecule has 5 heteroatoms. The number of halogens is 1. The Bertz CT molecular complexity index is 618. The summed E-state index contributed by atoms with van der Waals surface area (Å²) in [5.74, 6) is -1.36. The van der Waals surface area contributed by atoms with Crippen molar-refractivity contribution in [3.05, 3.63) is 46.0 Å². The van der Waals surface area contributed by atoms with Crippen LogP contribution in [0.5, 0.6) is 0 Å². The number of benzene rings is 1. The van der Waals surface area contributed by atoms with Gasteiger partial charge in [-0.3, -0.25) is 4.79 Å². The van der Waals surface area contributed by atoms with Crippen LogP contribution in [0.15, 0.2) is 29.1 Å². The van der Waals surface area contributed by atoms with Crippen LogP contribution in [-0.4, -0.2) is 18.1 Å².